The van der Waals surface area contributed by atoms with E-state index in [-0.39, 0.29) is 48.8 Å². The Morgan fingerprint density at radius 1 is 0.861 bits per heavy atom. The summed E-state index contributed by atoms with van der Waals surface area (Å²) in [6.07, 6.45) is -4.72. The predicted octanol–water partition coefficient (Wildman–Crippen LogP) is 3.32. The van der Waals surface area contributed by atoms with E-state index in [1.54, 1.807) is 9.80 Å². The molecule has 2 fully saturated rings. The summed E-state index contributed by atoms with van der Waals surface area (Å²) < 4.78 is 44.4. The van der Waals surface area contributed by atoms with Crippen LogP contribution in [0.4, 0.5) is 35.9 Å². The van der Waals surface area contributed by atoms with E-state index in [0.29, 0.717) is 32.4 Å². The standard InChI is InChI=1S/C22H22F3N5O6/c23-22(24,25)15-4-5-17(19(14-15)30(34)35)26-6-8-28(9-7-26)21(31)16-2-1-3-18(29(32)33)20(16)27-10-12-36-13-11-27/h1-5,14H,6-13H2. The third kappa shape index (κ3) is 5.03. The maximum absolute atomic E-state index is 13.4. The number of alkyl halides is 3. The molecule has 0 spiro atoms. The number of carbonyl (C=O) groups is 1. The van der Waals surface area contributed by atoms with Crippen molar-refractivity contribution in [3.05, 3.63) is 67.8 Å². The zero-order chi connectivity index (χ0) is 26.0. The first kappa shape index (κ1) is 25.2. The van der Waals surface area contributed by atoms with Gasteiger partial charge in [-0.3, -0.25) is 25.0 Å². The number of hydrogen-bond donors (Lipinski definition) is 0. The van der Waals surface area contributed by atoms with Gasteiger partial charge in [-0.2, -0.15) is 13.2 Å². The Balaban J connectivity index is 1.56. The Kier molecular flexibility index (Phi) is 6.97. The molecule has 2 aromatic carbocycles. The van der Waals surface area contributed by atoms with Gasteiger partial charge in [0, 0.05) is 51.4 Å². The van der Waals surface area contributed by atoms with Crippen LogP contribution in [0.5, 0.6) is 0 Å². The summed E-state index contributed by atoms with van der Waals surface area (Å²) in [5.41, 5.74) is -1.56. The van der Waals surface area contributed by atoms with E-state index in [1.807, 2.05) is 0 Å². The van der Waals surface area contributed by atoms with Crippen LogP contribution in [-0.4, -0.2) is 73.1 Å². The molecule has 192 valence electrons. The van der Waals surface area contributed by atoms with Crippen molar-refractivity contribution in [3.8, 4) is 0 Å². The van der Waals surface area contributed by atoms with Crippen molar-refractivity contribution in [2.45, 2.75) is 6.18 Å². The van der Waals surface area contributed by atoms with Gasteiger partial charge in [-0.25, -0.2) is 0 Å². The summed E-state index contributed by atoms with van der Waals surface area (Å²) in [4.78, 5) is 39.9. The fourth-order valence-electron chi connectivity index (χ4n) is 4.40. The lowest BCUT2D eigenvalue weighted by Gasteiger charge is -2.37. The van der Waals surface area contributed by atoms with Crippen molar-refractivity contribution in [1.29, 1.82) is 0 Å². The molecule has 0 radical (unpaired) electrons. The fraction of sp³-hybridized carbons (Fsp3) is 0.409. The number of rotatable bonds is 5. The van der Waals surface area contributed by atoms with E-state index in [9.17, 15) is 38.2 Å². The van der Waals surface area contributed by atoms with E-state index in [0.717, 1.165) is 12.1 Å². The first-order valence-electron chi connectivity index (χ1n) is 11.1. The molecule has 2 saturated heterocycles. The second kappa shape index (κ2) is 9.97. The number of carbonyl (C=O) groups excluding carboxylic acids is 1. The molecular weight excluding hydrogens is 487 g/mol. The zero-order valence-corrected chi connectivity index (χ0v) is 18.9. The maximum atomic E-state index is 13.4. The van der Waals surface area contributed by atoms with Crippen LogP contribution >= 0.6 is 0 Å². The number of para-hydroxylation sites is 1. The molecule has 0 aromatic heterocycles. The van der Waals surface area contributed by atoms with Gasteiger partial charge in [0.05, 0.1) is 34.2 Å². The van der Waals surface area contributed by atoms with Crippen molar-refractivity contribution in [1.82, 2.24) is 4.90 Å². The second-order valence-electron chi connectivity index (χ2n) is 8.27. The van der Waals surface area contributed by atoms with Crippen LogP contribution in [0.1, 0.15) is 15.9 Å². The topological polar surface area (TPSA) is 122 Å². The molecule has 14 heteroatoms. The summed E-state index contributed by atoms with van der Waals surface area (Å²) in [5.74, 6) is -0.429. The number of benzene rings is 2. The van der Waals surface area contributed by atoms with Gasteiger partial charge in [0.1, 0.15) is 11.4 Å². The second-order valence-corrected chi connectivity index (χ2v) is 8.27. The average Bonchev–Trinajstić information content (AvgIpc) is 2.87. The van der Waals surface area contributed by atoms with Crippen LogP contribution in [0.25, 0.3) is 0 Å². The van der Waals surface area contributed by atoms with Gasteiger partial charge in [0.2, 0.25) is 0 Å². The van der Waals surface area contributed by atoms with Crippen molar-refractivity contribution in [3.63, 3.8) is 0 Å². The molecule has 1 amide bonds. The highest BCUT2D eigenvalue weighted by atomic mass is 19.4. The molecule has 4 rings (SSSR count). The average molecular weight is 509 g/mol. The number of piperazine rings is 1. The molecule has 11 nitrogen and oxygen atoms in total. The van der Waals surface area contributed by atoms with Gasteiger partial charge in [-0.05, 0) is 18.2 Å². The molecule has 0 atom stereocenters. The minimum atomic E-state index is -4.72. The van der Waals surface area contributed by atoms with Gasteiger partial charge in [0.15, 0.2) is 0 Å². The minimum absolute atomic E-state index is 0.0319. The van der Waals surface area contributed by atoms with Crippen molar-refractivity contribution in [2.75, 3.05) is 62.3 Å². The van der Waals surface area contributed by atoms with Gasteiger partial charge in [-0.15, -0.1) is 0 Å². The molecule has 2 aliphatic heterocycles. The molecule has 0 aliphatic carbocycles. The smallest absolute Gasteiger partial charge is 0.378 e. The molecule has 0 N–H and O–H groups in total. The zero-order valence-electron chi connectivity index (χ0n) is 18.9. The number of ether oxygens (including phenoxy) is 1. The monoisotopic (exact) mass is 509 g/mol. The largest absolute Gasteiger partial charge is 0.416 e. The Morgan fingerprint density at radius 2 is 1.50 bits per heavy atom. The number of anilines is 2. The number of nitrogens with zero attached hydrogens (tertiary/aromatic N) is 5. The maximum Gasteiger partial charge on any atom is 0.416 e. The highest BCUT2D eigenvalue weighted by molar-refractivity contribution is 6.02. The van der Waals surface area contributed by atoms with E-state index in [4.69, 9.17) is 4.74 Å². The van der Waals surface area contributed by atoms with Gasteiger partial charge in [0.25, 0.3) is 17.3 Å². The van der Waals surface area contributed by atoms with Crippen LogP contribution in [0.2, 0.25) is 0 Å². The first-order chi connectivity index (χ1) is 17.1. The number of amides is 1. The van der Waals surface area contributed by atoms with E-state index in [2.05, 4.69) is 0 Å². The van der Waals surface area contributed by atoms with Gasteiger partial charge in [-0.1, -0.05) is 6.07 Å². The SMILES string of the molecule is O=C(c1cccc([N+](=O)[O-])c1N1CCOCC1)N1CCN(c2ccc(C(F)(F)F)cc2[N+](=O)[O-])CC1. The molecule has 2 heterocycles. The summed E-state index contributed by atoms with van der Waals surface area (Å²) in [5, 5.41) is 23.1. The van der Waals surface area contributed by atoms with E-state index >= 15 is 0 Å². The fourth-order valence-corrected chi connectivity index (χ4v) is 4.40. The normalized spacial score (nSPS) is 16.7. The quantitative estimate of drug-likeness (QED) is 0.445. The number of nitro groups is 2. The van der Waals surface area contributed by atoms with Crippen LogP contribution in [0.3, 0.4) is 0 Å². The molecule has 2 aliphatic rings. The Labute approximate surface area is 202 Å². The molecule has 0 unspecified atom stereocenters. The Morgan fingerprint density at radius 3 is 2.08 bits per heavy atom. The number of morpholine rings is 1. The third-order valence-corrected chi connectivity index (χ3v) is 6.18. The lowest BCUT2D eigenvalue weighted by Crippen LogP contribution is -2.49. The highest BCUT2D eigenvalue weighted by Gasteiger charge is 2.35. The van der Waals surface area contributed by atoms with Gasteiger partial charge < -0.3 is 19.4 Å². The number of halogens is 3. The lowest BCUT2D eigenvalue weighted by atomic mass is 10.1. The lowest BCUT2D eigenvalue weighted by molar-refractivity contribution is -0.384. The molecule has 0 bridgehead atoms. The summed E-state index contributed by atoms with van der Waals surface area (Å²) in [6, 6.07) is 6.66. The Hall–Kier alpha value is -3.94. The van der Waals surface area contributed by atoms with E-state index in [1.165, 1.54) is 23.1 Å². The van der Waals surface area contributed by atoms with Crippen LogP contribution in [-0.2, 0) is 10.9 Å². The number of hydrogen-bond acceptors (Lipinski definition) is 8. The van der Waals surface area contributed by atoms with Crippen LogP contribution < -0.4 is 9.80 Å². The molecule has 2 aromatic rings. The summed E-state index contributed by atoms with van der Waals surface area (Å²) in [7, 11) is 0. The predicted molar refractivity (Wildman–Crippen MR) is 122 cm³/mol. The molecule has 0 saturated carbocycles. The van der Waals surface area contributed by atoms with Crippen LogP contribution in [0, 0.1) is 20.2 Å². The molecular formula is C22H22F3N5O6. The number of nitro benzene ring substituents is 2. The van der Waals surface area contributed by atoms with Crippen molar-refractivity contribution in [2.24, 2.45) is 0 Å². The molecule has 36 heavy (non-hydrogen) atoms. The summed E-state index contributed by atoms with van der Waals surface area (Å²) in [6.45, 7) is 2.03. The Bertz CT molecular complexity index is 1180. The van der Waals surface area contributed by atoms with Crippen molar-refractivity contribution < 1.29 is 32.5 Å². The highest BCUT2D eigenvalue weighted by Crippen LogP contribution is 2.37. The third-order valence-electron chi connectivity index (χ3n) is 6.18. The summed E-state index contributed by atoms with van der Waals surface area (Å²) >= 11 is 0. The van der Waals surface area contributed by atoms with E-state index < -0.39 is 33.2 Å². The van der Waals surface area contributed by atoms with Gasteiger partial charge >= 0.3 is 6.18 Å². The van der Waals surface area contributed by atoms with Crippen LogP contribution in [0.15, 0.2) is 36.4 Å². The van der Waals surface area contributed by atoms with Crippen molar-refractivity contribution >= 4 is 28.7 Å². The minimum Gasteiger partial charge on any atom is -0.378 e. The first-order valence-corrected chi connectivity index (χ1v) is 11.1.